The van der Waals surface area contributed by atoms with Gasteiger partial charge in [0, 0.05) is 6.54 Å². The van der Waals surface area contributed by atoms with Gasteiger partial charge in [-0.1, -0.05) is 12.1 Å². The van der Waals surface area contributed by atoms with Crippen molar-refractivity contribution in [1.29, 1.82) is 0 Å². The van der Waals surface area contributed by atoms with Gasteiger partial charge in [-0.2, -0.15) is 5.10 Å². The summed E-state index contributed by atoms with van der Waals surface area (Å²) in [5.74, 6) is 0.569. The molecule has 0 saturated heterocycles. The molecule has 0 aliphatic rings. The van der Waals surface area contributed by atoms with Crippen molar-refractivity contribution in [1.82, 2.24) is 9.78 Å². The van der Waals surface area contributed by atoms with Gasteiger partial charge in [0.05, 0.1) is 13.3 Å². The lowest BCUT2D eigenvalue weighted by Crippen LogP contribution is -2.12. The van der Waals surface area contributed by atoms with E-state index in [4.69, 9.17) is 15.2 Å². The fourth-order valence-electron chi connectivity index (χ4n) is 1.66. The number of benzene rings is 1. The summed E-state index contributed by atoms with van der Waals surface area (Å²) in [6.07, 6.45) is 1.40. The summed E-state index contributed by atoms with van der Waals surface area (Å²) in [5.41, 5.74) is 6.05. The van der Waals surface area contributed by atoms with E-state index < -0.39 is 5.97 Å². The van der Waals surface area contributed by atoms with Crippen LogP contribution < -0.4 is 15.2 Å². The van der Waals surface area contributed by atoms with E-state index in [1.165, 1.54) is 18.0 Å². The number of methoxy groups -OCH3 is 1. The molecular formula is C13H15N3O3. The lowest BCUT2D eigenvalue weighted by molar-refractivity contribution is 0.0731. The molecule has 2 N–H and O–H groups in total. The zero-order chi connectivity index (χ0) is 13.8. The highest BCUT2D eigenvalue weighted by Gasteiger charge is 2.18. The SMILES string of the molecule is CCn1ncc(C(=O)Oc2ccccc2OC)c1N. The maximum absolute atomic E-state index is 12.0. The molecule has 0 atom stereocenters. The molecule has 19 heavy (non-hydrogen) atoms. The summed E-state index contributed by atoms with van der Waals surface area (Å²) < 4.78 is 11.9. The molecule has 2 aromatic rings. The van der Waals surface area contributed by atoms with Crippen molar-refractivity contribution in [2.45, 2.75) is 13.5 Å². The minimum atomic E-state index is -0.554. The third kappa shape index (κ3) is 2.52. The van der Waals surface area contributed by atoms with E-state index in [1.54, 1.807) is 24.3 Å². The highest BCUT2D eigenvalue weighted by atomic mass is 16.6. The Hall–Kier alpha value is -2.50. The Morgan fingerprint density at radius 1 is 1.37 bits per heavy atom. The molecule has 6 heteroatoms. The third-order valence-electron chi connectivity index (χ3n) is 2.67. The van der Waals surface area contributed by atoms with Crippen LogP contribution in [0.5, 0.6) is 11.5 Å². The smallest absolute Gasteiger partial charge is 0.349 e. The molecule has 0 radical (unpaired) electrons. The Kier molecular flexibility index (Phi) is 3.70. The second kappa shape index (κ2) is 5.43. The number of anilines is 1. The molecule has 0 aliphatic heterocycles. The van der Waals surface area contributed by atoms with E-state index in [0.29, 0.717) is 23.9 Å². The number of carbonyl (C=O) groups is 1. The quantitative estimate of drug-likeness (QED) is 0.669. The van der Waals surface area contributed by atoms with Gasteiger partial charge >= 0.3 is 5.97 Å². The van der Waals surface area contributed by atoms with Gasteiger partial charge in [0.15, 0.2) is 11.5 Å². The molecule has 6 nitrogen and oxygen atoms in total. The number of nitrogens with two attached hydrogens (primary N) is 1. The van der Waals surface area contributed by atoms with E-state index in [9.17, 15) is 4.79 Å². The largest absolute Gasteiger partial charge is 0.493 e. The summed E-state index contributed by atoms with van der Waals surface area (Å²) in [6.45, 7) is 2.48. The average molecular weight is 261 g/mol. The summed E-state index contributed by atoms with van der Waals surface area (Å²) >= 11 is 0. The van der Waals surface area contributed by atoms with Gasteiger partial charge in [-0.15, -0.1) is 0 Å². The number of esters is 1. The monoisotopic (exact) mass is 261 g/mol. The van der Waals surface area contributed by atoms with Crippen LogP contribution in [0.1, 0.15) is 17.3 Å². The number of nitrogen functional groups attached to an aromatic ring is 1. The molecule has 0 saturated carbocycles. The molecule has 0 bridgehead atoms. The van der Waals surface area contributed by atoms with Crippen LogP contribution in [0.4, 0.5) is 5.82 Å². The van der Waals surface area contributed by atoms with Crippen molar-refractivity contribution >= 4 is 11.8 Å². The number of ether oxygens (including phenoxy) is 2. The predicted octanol–water partition coefficient (Wildman–Crippen LogP) is 1.71. The first-order valence-corrected chi connectivity index (χ1v) is 5.83. The van der Waals surface area contributed by atoms with Gasteiger partial charge < -0.3 is 15.2 Å². The lowest BCUT2D eigenvalue weighted by atomic mass is 10.3. The standard InChI is InChI=1S/C13H15N3O3/c1-3-16-12(14)9(8-15-16)13(17)19-11-7-5-4-6-10(11)18-2/h4-8H,3,14H2,1-2H3. The first-order valence-electron chi connectivity index (χ1n) is 5.83. The zero-order valence-electron chi connectivity index (χ0n) is 10.8. The molecule has 0 fully saturated rings. The predicted molar refractivity (Wildman–Crippen MR) is 70.3 cm³/mol. The second-order valence-corrected chi connectivity index (χ2v) is 3.80. The van der Waals surface area contributed by atoms with Gasteiger partial charge in [0.25, 0.3) is 0 Å². The van der Waals surface area contributed by atoms with Gasteiger partial charge in [-0.3, -0.25) is 0 Å². The first-order chi connectivity index (χ1) is 9.17. The Morgan fingerprint density at radius 3 is 2.63 bits per heavy atom. The Morgan fingerprint density at radius 2 is 2.05 bits per heavy atom. The lowest BCUT2D eigenvalue weighted by Gasteiger charge is -2.08. The topological polar surface area (TPSA) is 79.4 Å². The summed E-state index contributed by atoms with van der Waals surface area (Å²) in [4.78, 5) is 12.0. The maximum Gasteiger partial charge on any atom is 0.349 e. The van der Waals surface area contributed by atoms with Gasteiger partial charge in [0.1, 0.15) is 11.4 Å². The molecular weight excluding hydrogens is 246 g/mol. The van der Waals surface area contributed by atoms with Crippen molar-refractivity contribution in [3.8, 4) is 11.5 Å². The molecule has 0 aliphatic carbocycles. The van der Waals surface area contributed by atoms with Crippen LogP contribution in [-0.4, -0.2) is 22.9 Å². The van der Waals surface area contributed by atoms with Crippen molar-refractivity contribution in [2.75, 3.05) is 12.8 Å². The first kappa shape index (κ1) is 12.9. The highest BCUT2D eigenvalue weighted by molar-refractivity contribution is 5.95. The Bertz CT molecular complexity index is 593. The minimum Gasteiger partial charge on any atom is -0.493 e. The van der Waals surface area contributed by atoms with Crippen LogP contribution in [0, 0.1) is 0 Å². The van der Waals surface area contributed by atoms with Crippen LogP contribution in [0.3, 0.4) is 0 Å². The van der Waals surface area contributed by atoms with E-state index in [0.717, 1.165) is 0 Å². The Labute approximate surface area is 110 Å². The maximum atomic E-state index is 12.0. The number of hydrogen-bond donors (Lipinski definition) is 1. The van der Waals surface area contributed by atoms with Crippen molar-refractivity contribution < 1.29 is 14.3 Å². The number of nitrogens with zero attached hydrogens (tertiary/aromatic N) is 2. The average Bonchev–Trinajstić information content (AvgIpc) is 2.80. The molecule has 1 aromatic carbocycles. The number of rotatable bonds is 4. The van der Waals surface area contributed by atoms with Crippen molar-refractivity contribution in [3.05, 3.63) is 36.0 Å². The molecule has 0 unspecified atom stereocenters. The molecule has 0 amide bonds. The minimum absolute atomic E-state index is 0.243. The van der Waals surface area contributed by atoms with Crippen LogP contribution in [-0.2, 0) is 6.54 Å². The third-order valence-corrected chi connectivity index (χ3v) is 2.67. The summed E-state index contributed by atoms with van der Waals surface area (Å²) in [7, 11) is 1.51. The Balaban J connectivity index is 2.23. The van der Waals surface area contributed by atoms with Crippen molar-refractivity contribution in [2.24, 2.45) is 0 Å². The highest BCUT2D eigenvalue weighted by Crippen LogP contribution is 2.27. The molecule has 0 spiro atoms. The van der Waals surface area contributed by atoms with Crippen LogP contribution in [0.25, 0.3) is 0 Å². The fourth-order valence-corrected chi connectivity index (χ4v) is 1.66. The van der Waals surface area contributed by atoms with Crippen LogP contribution in [0.15, 0.2) is 30.5 Å². The normalized spacial score (nSPS) is 10.2. The summed E-state index contributed by atoms with van der Waals surface area (Å²) in [6, 6.07) is 6.90. The summed E-state index contributed by atoms with van der Waals surface area (Å²) in [5, 5.41) is 4.00. The van der Waals surface area contributed by atoms with E-state index >= 15 is 0 Å². The molecule has 1 heterocycles. The number of hydrogen-bond acceptors (Lipinski definition) is 5. The van der Waals surface area contributed by atoms with Gasteiger partial charge in [-0.25, -0.2) is 9.48 Å². The number of para-hydroxylation sites is 2. The van der Waals surface area contributed by atoms with Crippen LogP contribution >= 0.6 is 0 Å². The fraction of sp³-hybridized carbons (Fsp3) is 0.231. The van der Waals surface area contributed by atoms with E-state index in [-0.39, 0.29) is 5.56 Å². The number of aromatic nitrogens is 2. The van der Waals surface area contributed by atoms with E-state index in [2.05, 4.69) is 5.10 Å². The molecule has 100 valence electrons. The van der Waals surface area contributed by atoms with Crippen LogP contribution in [0.2, 0.25) is 0 Å². The zero-order valence-corrected chi connectivity index (χ0v) is 10.8. The second-order valence-electron chi connectivity index (χ2n) is 3.80. The van der Waals surface area contributed by atoms with Gasteiger partial charge in [-0.05, 0) is 19.1 Å². The number of carbonyl (C=O) groups excluding carboxylic acids is 1. The van der Waals surface area contributed by atoms with Gasteiger partial charge in [0.2, 0.25) is 0 Å². The molecule has 1 aromatic heterocycles. The number of aryl methyl sites for hydroxylation is 1. The van der Waals surface area contributed by atoms with E-state index in [1.807, 2.05) is 6.92 Å². The molecule has 2 rings (SSSR count). The van der Waals surface area contributed by atoms with Crippen molar-refractivity contribution in [3.63, 3.8) is 0 Å².